The molecule has 1 heterocycles. The summed E-state index contributed by atoms with van der Waals surface area (Å²) in [6, 6.07) is 2.91. The van der Waals surface area contributed by atoms with E-state index in [0.29, 0.717) is 11.7 Å². The summed E-state index contributed by atoms with van der Waals surface area (Å²) in [5, 5.41) is 13.8. The van der Waals surface area contributed by atoms with E-state index in [0.717, 1.165) is 25.7 Å². The molecule has 2 rings (SSSR count). The summed E-state index contributed by atoms with van der Waals surface area (Å²) in [4.78, 5) is 15.0. The second-order valence-electron chi connectivity index (χ2n) is 5.29. The van der Waals surface area contributed by atoms with E-state index < -0.39 is 11.9 Å². The van der Waals surface area contributed by atoms with Crippen LogP contribution in [0.2, 0.25) is 0 Å². The molecule has 1 aromatic rings. The summed E-state index contributed by atoms with van der Waals surface area (Å²) < 4.78 is 12.7. The third-order valence-corrected chi connectivity index (χ3v) is 3.60. The molecule has 1 aromatic heterocycles. The fourth-order valence-corrected chi connectivity index (χ4v) is 2.40. The molecule has 0 radical (unpaired) electrons. The number of hydrogen-bond donors (Lipinski definition) is 4. The Hall–Kier alpha value is -2.44. The highest BCUT2D eigenvalue weighted by atomic mass is 19.1. The van der Waals surface area contributed by atoms with Gasteiger partial charge in [0.1, 0.15) is 5.84 Å². The van der Waals surface area contributed by atoms with Crippen molar-refractivity contribution < 1.29 is 9.18 Å². The molecule has 1 amide bonds. The predicted octanol–water partition coefficient (Wildman–Crippen LogP) is 1.90. The van der Waals surface area contributed by atoms with Crippen LogP contribution in [0, 0.1) is 11.4 Å². The van der Waals surface area contributed by atoms with Gasteiger partial charge in [-0.15, -0.1) is 0 Å². The highest BCUT2D eigenvalue weighted by molar-refractivity contribution is 6.23. The zero-order valence-corrected chi connectivity index (χ0v) is 12.2. The summed E-state index contributed by atoms with van der Waals surface area (Å²) in [5.74, 6) is -1.46. The number of rotatable bonds is 5. The number of pyridine rings is 1. The second-order valence-corrected chi connectivity index (χ2v) is 5.29. The SMILES string of the molecule is N=C(Nc1ccc(F)nc1)/C(=C\NC1CCCCC1)C(N)=O. The smallest absolute Gasteiger partial charge is 0.253 e. The van der Waals surface area contributed by atoms with E-state index in [1.54, 1.807) is 0 Å². The molecule has 0 atom stereocenters. The van der Waals surface area contributed by atoms with E-state index in [1.807, 2.05) is 0 Å². The van der Waals surface area contributed by atoms with Crippen LogP contribution in [0.25, 0.3) is 0 Å². The fraction of sp³-hybridized carbons (Fsp3) is 0.400. The fourth-order valence-electron chi connectivity index (χ4n) is 2.40. The molecule has 118 valence electrons. The van der Waals surface area contributed by atoms with Crippen LogP contribution in [0.5, 0.6) is 0 Å². The average Bonchev–Trinajstić information content (AvgIpc) is 2.50. The second kappa shape index (κ2) is 7.53. The van der Waals surface area contributed by atoms with Crippen molar-refractivity contribution in [1.29, 1.82) is 5.41 Å². The Bertz CT molecular complexity index is 564. The molecule has 1 aliphatic carbocycles. The molecule has 0 saturated heterocycles. The van der Waals surface area contributed by atoms with Crippen LogP contribution in [0.4, 0.5) is 10.1 Å². The largest absolute Gasteiger partial charge is 0.387 e. The highest BCUT2D eigenvalue weighted by Gasteiger charge is 2.15. The normalized spacial score (nSPS) is 16.1. The van der Waals surface area contributed by atoms with Crippen LogP contribution < -0.4 is 16.4 Å². The van der Waals surface area contributed by atoms with Crippen molar-refractivity contribution in [3.63, 3.8) is 0 Å². The van der Waals surface area contributed by atoms with Crippen molar-refractivity contribution in [2.75, 3.05) is 5.32 Å². The standard InChI is InChI=1S/C15H20FN5O/c16-13-7-6-11(8-20-13)21-14(17)12(15(18)22)9-19-10-4-2-1-3-5-10/h6-10,19H,1-5H2,(H2,17,21)(H2,18,22)/b12-9+. The molecule has 0 aliphatic heterocycles. The Labute approximate surface area is 128 Å². The van der Waals surface area contributed by atoms with Gasteiger partial charge in [0.2, 0.25) is 5.95 Å². The van der Waals surface area contributed by atoms with Gasteiger partial charge in [-0.25, -0.2) is 4.98 Å². The number of amidine groups is 1. The minimum atomic E-state index is -0.698. The molecule has 0 bridgehead atoms. The number of primary amides is 1. The molecule has 7 heteroatoms. The maximum absolute atomic E-state index is 12.7. The van der Waals surface area contributed by atoms with E-state index >= 15 is 0 Å². The summed E-state index contributed by atoms with van der Waals surface area (Å²) in [7, 11) is 0. The molecular formula is C15H20FN5O. The van der Waals surface area contributed by atoms with Crippen molar-refractivity contribution in [2.24, 2.45) is 5.73 Å². The van der Waals surface area contributed by atoms with Gasteiger partial charge in [-0.2, -0.15) is 4.39 Å². The lowest BCUT2D eigenvalue weighted by atomic mass is 9.95. The Morgan fingerprint density at radius 2 is 2.09 bits per heavy atom. The molecule has 0 spiro atoms. The van der Waals surface area contributed by atoms with Gasteiger partial charge in [-0.3, -0.25) is 10.2 Å². The molecule has 0 aromatic carbocycles. The number of carbonyl (C=O) groups excluding carboxylic acids is 1. The summed E-state index contributed by atoms with van der Waals surface area (Å²) in [5.41, 5.74) is 5.79. The number of nitrogens with one attached hydrogen (secondary N) is 3. The van der Waals surface area contributed by atoms with Crippen LogP contribution in [0.15, 0.2) is 30.1 Å². The molecule has 1 fully saturated rings. The highest BCUT2D eigenvalue weighted by Crippen LogP contribution is 2.17. The quantitative estimate of drug-likeness (QED) is 0.289. The lowest BCUT2D eigenvalue weighted by Gasteiger charge is -2.22. The van der Waals surface area contributed by atoms with Gasteiger partial charge in [0, 0.05) is 12.2 Å². The molecule has 22 heavy (non-hydrogen) atoms. The van der Waals surface area contributed by atoms with Crippen LogP contribution in [0.3, 0.4) is 0 Å². The van der Waals surface area contributed by atoms with E-state index in [-0.39, 0.29) is 11.4 Å². The van der Waals surface area contributed by atoms with Gasteiger partial charge in [-0.05, 0) is 25.0 Å². The number of amides is 1. The molecular weight excluding hydrogens is 285 g/mol. The van der Waals surface area contributed by atoms with Gasteiger partial charge in [-0.1, -0.05) is 19.3 Å². The maximum atomic E-state index is 12.7. The maximum Gasteiger partial charge on any atom is 0.253 e. The van der Waals surface area contributed by atoms with E-state index in [4.69, 9.17) is 11.1 Å². The minimum absolute atomic E-state index is 0.0508. The monoisotopic (exact) mass is 305 g/mol. The first-order valence-electron chi connectivity index (χ1n) is 7.30. The lowest BCUT2D eigenvalue weighted by molar-refractivity contribution is -0.114. The molecule has 6 nitrogen and oxygen atoms in total. The third kappa shape index (κ3) is 4.54. The van der Waals surface area contributed by atoms with Crippen molar-refractivity contribution in [3.8, 4) is 0 Å². The van der Waals surface area contributed by atoms with Crippen molar-refractivity contribution >= 4 is 17.4 Å². The van der Waals surface area contributed by atoms with Crippen LogP contribution >= 0.6 is 0 Å². The van der Waals surface area contributed by atoms with E-state index in [2.05, 4.69) is 15.6 Å². The lowest BCUT2D eigenvalue weighted by Crippen LogP contribution is -2.31. The zero-order valence-electron chi connectivity index (χ0n) is 12.2. The summed E-state index contributed by atoms with van der Waals surface area (Å²) >= 11 is 0. The van der Waals surface area contributed by atoms with Gasteiger partial charge in [0.25, 0.3) is 5.91 Å². The topological polar surface area (TPSA) is 104 Å². The van der Waals surface area contributed by atoms with Gasteiger partial charge < -0.3 is 16.4 Å². The van der Waals surface area contributed by atoms with Crippen LogP contribution in [-0.2, 0) is 4.79 Å². The van der Waals surface area contributed by atoms with Crippen molar-refractivity contribution in [1.82, 2.24) is 10.3 Å². The van der Waals surface area contributed by atoms with Crippen molar-refractivity contribution in [3.05, 3.63) is 36.1 Å². The number of nitrogens with two attached hydrogens (primary N) is 1. The Morgan fingerprint density at radius 1 is 1.36 bits per heavy atom. The Morgan fingerprint density at radius 3 is 2.68 bits per heavy atom. The number of halogens is 1. The number of nitrogens with zero attached hydrogens (tertiary/aromatic N) is 1. The first kappa shape index (κ1) is 15.9. The van der Waals surface area contributed by atoms with Gasteiger partial charge in [0.15, 0.2) is 0 Å². The van der Waals surface area contributed by atoms with E-state index in [9.17, 15) is 9.18 Å². The van der Waals surface area contributed by atoms with Crippen LogP contribution in [-0.4, -0.2) is 22.8 Å². The van der Waals surface area contributed by atoms with Gasteiger partial charge in [0.05, 0.1) is 17.5 Å². The first-order valence-corrected chi connectivity index (χ1v) is 7.30. The number of aromatic nitrogens is 1. The first-order chi connectivity index (χ1) is 10.6. The molecule has 5 N–H and O–H groups in total. The zero-order chi connectivity index (χ0) is 15.9. The average molecular weight is 305 g/mol. The van der Waals surface area contributed by atoms with Gasteiger partial charge >= 0.3 is 0 Å². The van der Waals surface area contributed by atoms with E-state index in [1.165, 1.54) is 31.0 Å². The van der Waals surface area contributed by atoms with Crippen LogP contribution in [0.1, 0.15) is 32.1 Å². The molecule has 0 unspecified atom stereocenters. The minimum Gasteiger partial charge on any atom is -0.387 e. The molecule has 1 saturated carbocycles. The predicted molar refractivity (Wildman–Crippen MR) is 82.8 cm³/mol. The number of hydrogen-bond acceptors (Lipinski definition) is 4. The summed E-state index contributed by atoms with van der Waals surface area (Å²) in [6.07, 6.45) is 8.39. The summed E-state index contributed by atoms with van der Waals surface area (Å²) in [6.45, 7) is 0. The van der Waals surface area contributed by atoms with Crippen molar-refractivity contribution in [2.45, 2.75) is 38.1 Å². The molecule has 1 aliphatic rings. The number of anilines is 1. The Kier molecular flexibility index (Phi) is 5.46. The third-order valence-electron chi connectivity index (χ3n) is 3.60. The Balaban J connectivity index is 2.01. The number of carbonyl (C=O) groups is 1.